The van der Waals surface area contributed by atoms with Crippen molar-refractivity contribution in [3.05, 3.63) is 35.4 Å². The van der Waals surface area contributed by atoms with Crippen molar-refractivity contribution >= 4 is 0 Å². The molecule has 1 aromatic carbocycles. The van der Waals surface area contributed by atoms with Crippen molar-refractivity contribution in [2.24, 2.45) is 0 Å². The largest absolute Gasteiger partial charge is 0.314 e. The Labute approximate surface area is 86.5 Å². The van der Waals surface area contributed by atoms with Gasteiger partial charge in [0.15, 0.2) is 0 Å². The van der Waals surface area contributed by atoms with Crippen molar-refractivity contribution < 1.29 is 0 Å². The van der Waals surface area contributed by atoms with Crippen LogP contribution in [-0.4, -0.2) is 12.6 Å². The normalized spacial score (nSPS) is 20.5. The zero-order valence-electron chi connectivity index (χ0n) is 8.92. The van der Waals surface area contributed by atoms with Gasteiger partial charge in [-0.2, -0.15) is 0 Å². The molecular weight excluding hydrogens is 170 g/mol. The van der Waals surface area contributed by atoms with E-state index in [0.29, 0.717) is 6.04 Å². The molecule has 0 amide bonds. The van der Waals surface area contributed by atoms with Crippen LogP contribution >= 0.6 is 0 Å². The number of hydrogen-bond acceptors (Lipinski definition) is 1. The zero-order chi connectivity index (χ0) is 9.80. The third-order valence-electron chi connectivity index (χ3n) is 3.03. The Balaban J connectivity index is 1.99. The standard InChI is InChI=1S/C13H19N/c1-2-9-14-13-8-7-11-5-3-4-6-12(11)10-13/h3-6,13-14H,2,7-10H2,1H3/t13-/m1/s1. The van der Waals surface area contributed by atoms with Gasteiger partial charge >= 0.3 is 0 Å². The van der Waals surface area contributed by atoms with Gasteiger partial charge in [0, 0.05) is 6.04 Å². The average Bonchev–Trinajstić information content (AvgIpc) is 2.26. The molecule has 1 atom stereocenters. The van der Waals surface area contributed by atoms with Gasteiger partial charge in [0.1, 0.15) is 0 Å². The summed E-state index contributed by atoms with van der Waals surface area (Å²) >= 11 is 0. The summed E-state index contributed by atoms with van der Waals surface area (Å²) in [4.78, 5) is 0. The summed E-state index contributed by atoms with van der Waals surface area (Å²) in [6.45, 7) is 3.39. The summed E-state index contributed by atoms with van der Waals surface area (Å²) in [7, 11) is 0. The molecule has 1 N–H and O–H groups in total. The van der Waals surface area contributed by atoms with Crippen molar-refractivity contribution in [3.63, 3.8) is 0 Å². The maximum atomic E-state index is 3.61. The molecule has 14 heavy (non-hydrogen) atoms. The van der Waals surface area contributed by atoms with Gasteiger partial charge in [0.25, 0.3) is 0 Å². The molecule has 0 saturated heterocycles. The molecule has 0 bridgehead atoms. The first-order valence-electron chi connectivity index (χ1n) is 5.70. The molecule has 1 aliphatic carbocycles. The van der Waals surface area contributed by atoms with E-state index in [-0.39, 0.29) is 0 Å². The monoisotopic (exact) mass is 189 g/mol. The topological polar surface area (TPSA) is 12.0 Å². The van der Waals surface area contributed by atoms with Gasteiger partial charge in [-0.25, -0.2) is 0 Å². The van der Waals surface area contributed by atoms with Crippen LogP contribution in [0.5, 0.6) is 0 Å². The van der Waals surface area contributed by atoms with E-state index in [1.807, 2.05) is 0 Å². The molecule has 1 aliphatic rings. The third-order valence-corrected chi connectivity index (χ3v) is 3.03. The van der Waals surface area contributed by atoms with Crippen LogP contribution in [0.25, 0.3) is 0 Å². The first-order valence-corrected chi connectivity index (χ1v) is 5.70. The molecule has 0 spiro atoms. The zero-order valence-corrected chi connectivity index (χ0v) is 8.92. The summed E-state index contributed by atoms with van der Waals surface area (Å²) in [6.07, 6.45) is 5.00. The minimum atomic E-state index is 0.713. The number of rotatable bonds is 3. The van der Waals surface area contributed by atoms with Gasteiger partial charge in [-0.05, 0) is 43.4 Å². The lowest BCUT2D eigenvalue weighted by Crippen LogP contribution is -2.34. The van der Waals surface area contributed by atoms with E-state index in [0.717, 1.165) is 6.54 Å². The molecular formula is C13H19N. The van der Waals surface area contributed by atoms with Gasteiger partial charge in [-0.15, -0.1) is 0 Å². The van der Waals surface area contributed by atoms with Crippen molar-refractivity contribution in [1.29, 1.82) is 0 Å². The maximum absolute atomic E-state index is 3.61. The van der Waals surface area contributed by atoms with Gasteiger partial charge in [-0.3, -0.25) is 0 Å². The summed E-state index contributed by atoms with van der Waals surface area (Å²) in [5.41, 5.74) is 3.11. The van der Waals surface area contributed by atoms with Crippen molar-refractivity contribution in [2.75, 3.05) is 6.54 Å². The number of aryl methyl sites for hydroxylation is 1. The van der Waals surface area contributed by atoms with Crippen LogP contribution in [0.1, 0.15) is 30.9 Å². The first kappa shape index (κ1) is 9.72. The fraction of sp³-hybridized carbons (Fsp3) is 0.538. The molecule has 0 aromatic heterocycles. The fourth-order valence-corrected chi connectivity index (χ4v) is 2.22. The van der Waals surface area contributed by atoms with Gasteiger partial charge in [0.2, 0.25) is 0 Å². The van der Waals surface area contributed by atoms with Crippen LogP contribution in [0.15, 0.2) is 24.3 Å². The highest BCUT2D eigenvalue weighted by molar-refractivity contribution is 5.30. The van der Waals surface area contributed by atoms with E-state index in [4.69, 9.17) is 0 Å². The van der Waals surface area contributed by atoms with E-state index < -0.39 is 0 Å². The van der Waals surface area contributed by atoms with Crippen LogP contribution in [0.4, 0.5) is 0 Å². The number of nitrogens with one attached hydrogen (secondary N) is 1. The quantitative estimate of drug-likeness (QED) is 0.770. The fourth-order valence-electron chi connectivity index (χ4n) is 2.22. The van der Waals surface area contributed by atoms with E-state index in [2.05, 4.69) is 36.5 Å². The molecule has 0 radical (unpaired) electrons. The van der Waals surface area contributed by atoms with E-state index in [1.165, 1.54) is 25.7 Å². The third kappa shape index (κ3) is 2.16. The predicted molar refractivity (Wildman–Crippen MR) is 60.5 cm³/mol. The Bertz CT molecular complexity index is 293. The molecule has 1 nitrogen and oxygen atoms in total. The van der Waals surface area contributed by atoms with Crippen LogP contribution in [0.2, 0.25) is 0 Å². The lowest BCUT2D eigenvalue weighted by atomic mass is 9.88. The SMILES string of the molecule is CCCN[C@@H]1CCc2ccccc2C1. The van der Waals surface area contributed by atoms with E-state index >= 15 is 0 Å². The van der Waals surface area contributed by atoms with Crippen molar-refractivity contribution in [3.8, 4) is 0 Å². The molecule has 2 rings (SSSR count). The Kier molecular flexibility index (Phi) is 3.20. The molecule has 0 heterocycles. The lowest BCUT2D eigenvalue weighted by Gasteiger charge is -2.25. The first-order chi connectivity index (χ1) is 6.90. The predicted octanol–water partition coefficient (Wildman–Crippen LogP) is 2.54. The molecule has 0 aliphatic heterocycles. The smallest absolute Gasteiger partial charge is 0.0111 e. The van der Waals surface area contributed by atoms with E-state index in [9.17, 15) is 0 Å². The van der Waals surface area contributed by atoms with Crippen LogP contribution in [-0.2, 0) is 12.8 Å². The Morgan fingerprint density at radius 3 is 2.86 bits per heavy atom. The minimum absolute atomic E-state index is 0.713. The molecule has 76 valence electrons. The molecule has 1 aromatic rings. The Hall–Kier alpha value is -0.820. The maximum Gasteiger partial charge on any atom is 0.0111 e. The Morgan fingerprint density at radius 2 is 2.07 bits per heavy atom. The van der Waals surface area contributed by atoms with Crippen LogP contribution < -0.4 is 5.32 Å². The highest BCUT2D eigenvalue weighted by Gasteiger charge is 2.16. The van der Waals surface area contributed by atoms with Gasteiger partial charge in [0.05, 0.1) is 0 Å². The second-order valence-electron chi connectivity index (χ2n) is 4.16. The average molecular weight is 189 g/mol. The van der Waals surface area contributed by atoms with E-state index in [1.54, 1.807) is 11.1 Å². The highest BCUT2D eigenvalue weighted by atomic mass is 14.9. The summed E-state index contributed by atoms with van der Waals surface area (Å²) < 4.78 is 0. The second-order valence-corrected chi connectivity index (χ2v) is 4.16. The second kappa shape index (κ2) is 4.61. The molecule has 0 fully saturated rings. The minimum Gasteiger partial charge on any atom is -0.314 e. The van der Waals surface area contributed by atoms with Crippen molar-refractivity contribution in [2.45, 2.75) is 38.6 Å². The molecule has 1 heteroatoms. The van der Waals surface area contributed by atoms with Crippen LogP contribution in [0.3, 0.4) is 0 Å². The number of fused-ring (bicyclic) bond motifs is 1. The lowest BCUT2D eigenvalue weighted by molar-refractivity contribution is 0.459. The van der Waals surface area contributed by atoms with Gasteiger partial charge in [-0.1, -0.05) is 31.2 Å². The highest BCUT2D eigenvalue weighted by Crippen LogP contribution is 2.20. The Morgan fingerprint density at radius 1 is 1.29 bits per heavy atom. The summed E-state index contributed by atoms with van der Waals surface area (Å²) in [5.74, 6) is 0. The van der Waals surface area contributed by atoms with Crippen LogP contribution in [0, 0.1) is 0 Å². The summed E-state index contributed by atoms with van der Waals surface area (Å²) in [5, 5.41) is 3.61. The molecule has 0 unspecified atom stereocenters. The molecule has 0 saturated carbocycles. The van der Waals surface area contributed by atoms with Crippen molar-refractivity contribution in [1.82, 2.24) is 5.32 Å². The summed E-state index contributed by atoms with van der Waals surface area (Å²) in [6, 6.07) is 9.56. The van der Waals surface area contributed by atoms with Gasteiger partial charge < -0.3 is 5.32 Å². The number of hydrogen-bond donors (Lipinski definition) is 1. The number of benzene rings is 1.